The van der Waals surface area contributed by atoms with E-state index in [2.05, 4.69) is 10.4 Å². The molecule has 2 aromatic heterocycles. The fraction of sp³-hybridized carbons (Fsp3) is 0.182. The number of amides is 1. The minimum absolute atomic E-state index is 0.0656. The highest BCUT2D eigenvalue weighted by molar-refractivity contribution is 5.92. The zero-order chi connectivity index (χ0) is 22.1. The lowest BCUT2D eigenvalue weighted by Crippen LogP contribution is -2.41. The van der Waals surface area contributed by atoms with Gasteiger partial charge in [-0.3, -0.25) is 23.4 Å². The van der Waals surface area contributed by atoms with E-state index in [4.69, 9.17) is 0 Å². The Labute approximate surface area is 176 Å². The van der Waals surface area contributed by atoms with Gasteiger partial charge in [0.15, 0.2) is 5.52 Å². The lowest BCUT2D eigenvalue weighted by molar-refractivity contribution is -0.116. The van der Waals surface area contributed by atoms with E-state index >= 15 is 0 Å². The highest BCUT2D eigenvalue weighted by Gasteiger charge is 2.18. The number of anilines is 1. The molecule has 2 heterocycles. The maximum Gasteiger partial charge on any atom is 0.332 e. The Morgan fingerprint density at radius 2 is 1.77 bits per heavy atom. The van der Waals surface area contributed by atoms with Crippen LogP contribution in [0.5, 0.6) is 0 Å². The van der Waals surface area contributed by atoms with Crippen molar-refractivity contribution < 1.29 is 9.18 Å². The zero-order valence-electron chi connectivity index (χ0n) is 17.0. The molecule has 2 aromatic carbocycles. The summed E-state index contributed by atoms with van der Waals surface area (Å²) >= 11 is 0. The molecular weight excluding hydrogens is 401 g/mol. The van der Waals surface area contributed by atoms with E-state index in [-0.39, 0.29) is 24.1 Å². The number of aromatic nitrogens is 4. The Bertz CT molecular complexity index is 1400. The average Bonchev–Trinajstić information content (AvgIpc) is 3.13. The Hall–Kier alpha value is -4.01. The van der Waals surface area contributed by atoms with E-state index < -0.39 is 23.0 Å². The first kappa shape index (κ1) is 20.3. The largest absolute Gasteiger partial charge is 0.332 e. The minimum Gasteiger partial charge on any atom is -0.324 e. The molecule has 0 radical (unpaired) electrons. The lowest BCUT2D eigenvalue weighted by Gasteiger charge is -2.13. The molecule has 0 saturated heterocycles. The number of aryl methyl sites for hydroxylation is 2. The topological polar surface area (TPSA) is 90.9 Å². The molecule has 0 spiro atoms. The van der Waals surface area contributed by atoms with E-state index in [9.17, 15) is 18.8 Å². The van der Waals surface area contributed by atoms with Crippen LogP contribution in [0.4, 0.5) is 10.1 Å². The Kier molecular flexibility index (Phi) is 5.24. The molecule has 158 valence electrons. The second kappa shape index (κ2) is 8.02. The van der Waals surface area contributed by atoms with Crippen LogP contribution in [0.25, 0.3) is 11.0 Å². The van der Waals surface area contributed by atoms with E-state index in [0.717, 1.165) is 10.1 Å². The van der Waals surface area contributed by atoms with Gasteiger partial charge < -0.3 is 5.32 Å². The number of hydrogen-bond donors (Lipinski definition) is 1. The van der Waals surface area contributed by atoms with Gasteiger partial charge in [0.1, 0.15) is 12.4 Å². The number of carbonyl (C=O) groups excluding carboxylic acids is 1. The van der Waals surface area contributed by atoms with Gasteiger partial charge in [0.25, 0.3) is 5.56 Å². The number of hydrogen-bond acceptors (Lipinski definition) is 4. The van der Waals surface area contributed by atoms with E-state index in [1.165, 1.54) is 39.7 Å². The van der Waals surface area contributed by atoms with Gasteiger partial charge in [0.05, 0.1) is 12.1 Å². The quantitative estimate of drug-likeness (QED) is 0.534. The predicted octanol–water partition coefficient (Wildman–Crippen LogP) is 2.03. The van der Waals surface area contributed by atoms with Crippen LogP contribution in [-0.2, 0) is 24.9 Å². The summed E-state index contributed by atoms with van der Waals surface area (Å²) < 4.78 is 16.9. The molecule has 8 nitrogen and oxygen atoms in total. The van der Waals surface area contributed by atoms with Crippen LogP contribution in [0.15, 0.2) is 64.3 Å². The van der Waals surface area contributed by atoms with E-state index in [0.29, 0.717) is 11.3 Å². The number of halogens is 1. The van der Waals surface area contributed by atoms with Crippen LogP contribution in [-0.4, -0.2) is 24.8 Å². The van der Waals surface area contributed by atoms with E-state index in [1.807, 2.05) is 19.1 Å². The van der Waals surface area contributed by atoms with E-state index in [1.54, 1.807) is 19.2 Å². The molecule has 0 atom stereocenters. The van der Waals surface area contributed by atoms with Crippen LogP contribution in [0.1, 0.15) is 11.1 Å². The second-order valence-electron chi connectivity index (χ2n) is 7.29. The summed E-state index contributed by atoms with van der Waals surface area (Å²) in [4.78, 5) is 38.8. The number of nitrogens with zero attached hydrogens (tertiary/aromatic N) is 4. The first-order valence-electron chi connectivity index (χ1n) is 9.60. The van der Waals surface area contributed by atoms with Gasteiger partial charge in [-0.05, 0) is 36.2 Å². The molecule has 4 rings (SSSR count). The van der Waals surface area contributed by atoms with Gasteiger partial charge >= 0.3 is 5.69 Å². The Morgan fingerprint density at radius 3 is 2.48 bits per heavy atom. The summed E-state index contributed by atoms with van der Waals surface area (Å²) in [5.41, 5.74) is 1.24. The van der Waals surface area contributed by atoms with Gasteiger partial charge in [0.2, 0.25) is 5.91 Å². The summed E-state index contributed by atoms with van der Waals surface area (Å²) in [6, 6.07) is 12.8. The molecule has 0 bridgehead atoms. The number of para-hydroxylation sites is 1. The molecule has 31 heavy (non-hydrogen) atoms. The van der Waals surface area contributed by atoms with Crippen LogP contribution >= 0.6 is 0 Å². The number of benzene rings is 2. The first-order chi connectivity index (χ1) is 14.8. The van der Waals surface area contributed by atoms with Crippen LogP contribution < -0.4 is 16.6 Å². The van der Waals surface area contributed by atoms with Crippen molar-refractivity contribution >= 4 is 22.6 Å². The summed E-state index contributed by atoms with van der Waals surface area (Å²) in [7, 11) is 1.63. The zero-order valence-corrected chi connectivity index (χ0v) is 17.0. The summed E-state index contributed by atoms with van der Waals surface area (Å²) in [5, 5.41) is 6.96. The number of fused-ring (bicyclic) bond motifs is 1. The van der Waals surface area contributed by atoms with Crippen molar-refractivity contribution in [1.82, 2.24) is 18.9 Å². The van der Waals surface area contributed by atoms with Gasteiger partial charge in [-0.1, -0.05) is 30.3 Å². The molecule has 9 heteroatoms. The SMILES string of the molecule is Cc1ccccc1NC(=O)Cn1c(=O)n(Cc2ccc(F)cc2)c(=O)c2nn(C)cc21. The van der Waals surface area contributed by atoms with Crippen molar-refractivity contribution in [3.63, 3.8) is 0 Å². The molecule has 0 fully saturated rings. The maximum absolute atomic E-state index is 13.2. The van der Waals surface area contributed by atoms with Gasteiger partial charge in [-0.2, -0.15) is 5.10 Å². The number of nitrogens with one attached hydrogen (secondary N) is 1. The number of carbonyl (C=O) groups is 1. The van der Waals surface area contributed by atoms with Crippen molar-refractivity contribution in [3.8, 4) is 0 Å². The molecule has 1 N–H and O–H groups in total. The third-order valence-corrected chi connectivity index (χ3v) is 4.98. The summed E-state index contributed by atoms with van der Waals surface area (Å²) in [6.07, 6.45) is 1.53. The molecule has 0 aliphatic carbocycles. The Balaban J connectivity index is 1.76. The first-order valence-corrected chi connectivity index (χ1v) is 9.60. The van der Waals surface area contributed by atoms with Crippen molar-refractivity contribution in [3.05, 3.63) is 92.5 Å². The van der Waals surface area contributed by atoms with Crippen LogP contribution in [0.3, 0.4) is 0 Å². The second-order valence-corrected chi connectivity index (χ2v) is 7.29. The monoisotopic (exact) mass is 421 g/mol. The molecule has 0 aliphatic rings. The molecule has 0 saturated carbocycles. The third kappa shape index (κ3) is 4.02. The lowest BCUT2D eigenvalue weighted by atomic mass is 10.2. The van der Waals surface area contributed by atoms with Gasteiger partial charge in [-0.15, -0.1) is 0 Å². The fourth-order valence-corrected chi connectivity index (χ4v) is 3.40. The van der Waals surface area contributed by atoms with Crippen molar-refractivity contribution in [1.29, 1.82) is 0 Å². The van der Waals surface area contributed by atoms with Crippen molar-refractivity contribution in [2.24, 2.45) is 7.05 Å². The Morgan fingerprint density at radius 1 is 1.06 bits per heavy atom. The molecule has 4 aromatic rings. The fourth-order valence-electron chi connectivity index (χ4n) is 3.40. The molecule has 0 aliphatic heterocycles. The van der Waals surface area contributed by atoms with Crippen LogP contribution in [0, 0.1) is 12.7 Å². The highest BCUT2D eigenvalue weighted by Crippen LogP contribution is 2.13. The molecule has 0 unspecified atom stereocenters. The predicted molar refractivity (Wildman–Crippen MR) is 115 cm³/mol. The average molecular weight is 421 g/mol. The number of rotatable bonds is 5. The van der Waals surface area contributed by atoms with Crippen LogP contribution in [0.2, 0.25) is 0 Å². The smallest absolute Gasteiger partial charge is 0.324 e. The summed E-state index contributed by atoms with van der Waals surface area (Å²) in [6.45, 7) is 1.51. The van der Waals surface area contributed by atoms with Gasteiger partial charge in [-0.25, -0.2) is 9.18 Å². The van der Waals surface area contributed by atoms with Crippen molar-refractivity contribution in [2.45, 2.75) is 20.0 Å². The standard InChI is InChI=1S/C22H20FN5O3/c1-14-5-3-4-6-17(14)24-19(29)13-27-18-12-26(2)25-20(18)21(30)28(22(27)31)11-15-7-9-16(23)10-8-15/h3-10,12H,11,13H2,1-2H3,(H,24,29). The maximum atomic E-state index is 13.2. The highest BCUT2D eigenvalue weighted by atomic mass is 19.1. The van der Waals surface area contributed by atoms with Gasteiger partial charge in [0, 0.05) is 18.9 Å². The minimum atomic E-state index is -0.644. The van der Waals surface area contributed by atoms with Crippen molar-refractivity contribution in [2.75, 3.05) is 5.32 Å². The molecular formula is C22H20FN5O3. The normalized spacial score (nSPS) is 11.1. The third-order valence-electron chi connectivity index (χ3n) is 4.98. The summed E-state index contributed by atoms with van der Waals surface area (Å²) in [5.74, 6) is -0.824. The molecule has 1 amide bonds.